The topological polar surface area (TPSA) is 139 Å². The van der Waals surface area contributed by atoms with Gasteiger partial charge in [0.1, 0.15) is 15.7 Å². The molecule has 252 valence electrons. The molecule has 5 atom stereocenters. The van der Waals surface area contributed by atoms with Gasteiger partial charge >= 0.3 is 6.09 Å². The van der Waals surface area contributed by atoms with Gasteiger partial charge in [0.2, 0.25) is 10.0 Å². The predicted molar refractivity (Wildman–Crippen MR) is 174 cm³/mol. The third kappa shape index (κ3) is 8.28. The maximum Gasteiger partial charge on any atom is 0.407 e. The maximum absolute atomic E-state index is 15.4. The predicted octanol–water partition coefficient (Wildman–Crippen LogP) is 3.62. The molecule has 3 aliphatic rings. The molecule has 3 fully saturated rings. The van der Waals surface area contributed by atoms with Crippen LogP contribution in [0, 0.1) is 11.7 Å². The highest BCUT2D eigenvalue weighted by Crippen LogP contribution is 2.38. The number of ketones is 1. The first-order valence-electron chi connectivity index (χ1n) is 15.7. The van der Waals surface area contributed by atoms with Crippen LogP contribution >= 0.6 is 11.6 Å². The average molecular weight is 698 g/mol. The molecule has 2 bridgehead atoms. The Morgan fingerprint density at radius 1 is 1.07 bits per heavy atom. The summed E-state index contributed by atoms with van der Waals surface area (Å²) in [5, 5.41) is 6.62. The number of amides is 1. The van der Waals surface area contributed by atoms with Crippen molar-refractivity contribution >= 4 is 43.3 Å². The molecule has 2 N–H and O–H groups in total. The minimum absolute atomic E-state index is 0.0293. The summed E-state index contributed by atoms with van der Waals surface area (Å²) in [5.74, 6) is -1.68. The SMILES string of the molecule is COC(=O)N[C@H](C(=O)Cc1cccc(F)c1CC[C@H]1CNC2CCCS(=O)(=O)N1C2)[C@@H](c1ccc(Cl)cc1)C1CCS(=O)(=O)CC1. The Bertz CT molecular complexity index is 1630. The van der Waals surface area contributed by atoms with Gasteiger partial charge < -0.3 is 15.4 Å². The Kier molecular flexibility index (Phi) is 11.1. The molecule has 3 heterocycles. The second-order valence-electron chi connectivity index (χ2n) is 12.5. The maximum atomic E-state index is 15.4. The number of Topliss-reactive ketones (excluding diaryl/α,β-unsaturated/α-hetero) is 1. The quantitative estimate of drug-likeness (QED) is 0.384. The van der Waals surface area contributed by atoms with Gasteiger partial charge in [-0.2, -0.15) is 4.31 Å². The van der Waals surface area contributed by atoms with Crippen LogP contribution in [0.3, 0.4) is 0 Å². The van der Waals surface area contributed by atoms with Gasteiger partial charge in [0.15, 0.2) is 5.78 Å². The average Bonchev–Trinajstić information content (AvgIpc) is 3.13. The standard InChI is InChI=1S/C32H41ClFN3O7S2/c1-44-32(39)36-31(30(21-7-9-24(33)10-8-21)22-13-16-45(40,41)17-14-22)29(38)18-23-4-2-6-28(34)27(23)12-11-26-19-35-25-5-3-15-46(42,43)37(26)20-25/h2,4,6-10,22,25-26,30-31,35H,3,5,11-20H2,1H3,(H,36,39)/t25?,26-,30-,31+/m0/s1. The molecule has 0 aliphatic carbocycles. The first-order chi connectivity index (χ1) is 21.9. The van der Waals surface area contributed by atoms with Gasteiger partial charge in [0.25, 0.3) is 0 Å². The summed E-state index contributed by atoms with van der Waals surface area (Å²) in [7, 11) is -5.43. The summed E-state index contributed by atoms with van der Waals surface area (Å²) < 4.78 is 72.3. The molecular weight excluding hydrogens is 657 g/mol. The molecule has 0 saturated carbocycles. The zero-order valence-electron chi connectivity index (χ0n) is 25.8. The van der Waals surface area contributed by atoms with Crippen molar-refractivity contribution in [1.29, 1.82) is 0 Å². The molecule has 2 unspecified atom stereocenters. The first kappa shape index (κ1) is 34.7. The number of halogens is 2. The normalized spacial score (nSPS) is 25.5. The largest absolute Gasteiger partial charge is 0.453 e. The fourth-order valence-corrected chi connectivity index (χ4v) is 10.6. The van der Waals surface area contributed by atoms with Crippen LogP contribution in [0.1, 0.15) is 54.7 Å². The van der Waals surface area contributed by atoms with E-state index in [9.17, 15) is 26.4 Å². The lowest BCUT2D eigenvalue weighted by Crippen LogP contribution is -2.57. The molecule has 3 saturated heterocycles. The molecule has 3 aliphatic heterocycles. The van der Waals surface area contributed by atoms with Crippen LogP contribution in [0.15, 0.2) is 42.5 Å². The van der Waals surface area contributed by atoms with Crippen LogP contribution in [0.25, 0.3) is 0 Å². The number of carbonyl (C=O) groups is 2. The summed E-state index contributed by atoms with van der Waals surface area (Å²) in [6.07, 6.45) is 1.56. The number of hydrogen-bond donors (Lipinski definition) is 2. The second kappa shape index (κ2) is 14.7. The Morgan fingerprint density at radius 3 is 2.48 bits per heavy atom. The number of hydrogen-bond acceptors (Lipinski definition) is 8. The van der Waals surface area contributed by atoms with E-state index in [1.54, 1.807) is 34.6 Å². The second-order valence-corrected chi connectivity index (χ2v) is 17.3. The summed E-state index contributed by atoms with van der Waals surface area (Å²) in [6, 6.07) is 10.1. The van der Waals surface area contributed by atoms with Crippen LogP contribution in [0.2, 0.25) is 5.02 Å². The van der Waals surface area contributed by atoms with Crippen molar-refractivity contribution in [2.24, 2.45) is 5.92 Å². The molecule has 0 aromatic heterocycles. The van der Waals surface area contributed by atoms with E-state index in [0.717, 1.165) is 6.42 Å². The van der Waals surface area contributed by atoms with Gasteiger partial charge in [-0.15, -0.1) is 0 Å². The van der Waals surface area contributed by atoms with Crippen LogP contribution in [-0.2, 0) is 42.2 Å². The smallest absolute Gasteiger partial charge is 0.407 e. The number of nitrogens with zero attached hydrogens (tertiary/aromatic N) is 1. The molecule has 2 aromatic rings. The number of carbonyl (C=O) groups excluding carboxylic acids is 2. The van der Waals surface area contributed by atoms with E-state index in [1.807, 2.05) is 0 Å². The lowest BCUT2D eigenvalue weighted by atomic mass is 9.75. The summed E-state index contributed by atoms with van der Waals surface area (Å²) in [4.78, 5) is 26.8. The fourth-order valence-electron chi connectivity index (χ4n) is 7.15. The number of alkyl carbamates (subject to hydrolysis) is 1. The van der Waals surface area contributed by atoms with Crippen LogP contribution in [0.5, 0.6) is 0 Å². The number of fused-ring (bicyclic) bond motifs is 2. The molecule has 10 nitrogen and oxygen atoms in total. The molecule has 46 heavy (non-hydrogen) atoms. The van der Waals surface area contributed by atoms with Crippen molar-refractivity contribution in [1.82, 2.24) is 14.9 Å². The highest BCUT2D eigenvalue weighted by molar-refractivity contribution is 7.91. The molecule has 0 spiro atoms. The molecule has 0 radical (unpaired) electrons. The van der Waals surface area contributed by atoms with Crippen molar-refractivity contribution in [3.63, 3.8) is 0 Å². The number of sulfonamides is 1. The third-order valence-corrected chi connectivity index (χ3v) is 13.5. The number of ether oxygens (including phenoxy) is 1. The van der Waals surface area contributed by atoms with Crippen molar-refractivity contribution in [3.05, 3.63) is 70.0 Å². The fraction of sp³-hybridized carbons (Fsp3) is 0.562. The summed E-state index contributed by atoms with van der Waals surface area (Å²) in [6.45, 7) is 0.864. The number of sulfone groups is 1. The van der Waals surface area contributed by atoms with E-state index in [-0.39, 0.29) is 53.9 Å². The van der Waals surface area contributed by atoms with Crippen molar-refractivity contribution in [2.45, 2.75) is 69.0 Å². The van der Waals surface area contributed by atoms with Gasteiger partial charge in [-0.3, -0.25) is 4.79 Å². The lowest BCUT2D eigenvalue weighted by Gasteiger charge is -2.37. The Labute approximate surface area is 275 Å². The van der Waals surface area contributed by atoms with E-state index in [2.05, 4.69) is 10.6 Å². The van der Waals surface area contributed by atoms with E-state index < -0.39 is 43.7 Å². The first-order valence-corrected chi connectivity index (χ1v) is 19.5. The monoisotopic (exact) mass is 697 g/mol. The molecular formula is C32H41ClFN3O7S2. The van der Waals surface area contributed by atoms with Crippen LogP contribution in [-0.4, -0.2) is 88.6 Å². The Hall–Kier alpha value is -2.58. The number of nitrogens with one attached hydrogen (secondary N) is 2. The van der Waals surface area contributed by atoms with Crippen LogP contribution < -0.4 is 10.6 Å². The van der Waals surface area contributed by atoms with Gasteiger partial charge in [-0.25, -0.2) is 26.0 Å². The highest BCUT2D eigenvalue weighted by Gasteiger charge is 2.40. The number of benzene rings is 2. The van der Waals surface area contributed by atoms with Gasteiger partial charge in [-0.05, 0) is 79.3 Å². The summed E-state index contributed by atoms with van der Waals surface area (Å²) >= 11 is 6.15. The minimum Gasteiger partial charge on any atom is -0.453 e. The van der Waals surface area contributed by atoms with Crippen molar-refractivity contribution in [2.75, 3.05) is 37.5 Å². The molecule has 1 amide bonds. The lowest BCUT2D eigenvalue weighted by molar-refractivity contribution is -0.121. The van der Waals surface area contributed by atoms with Gasteiger partial charge in [0.05, 0.1) is 30.4 Å². The van der Waals surface area contributed by atoms with E-state index in [1.165, 1.54) is 19.2 Å². The molecule has 14 heteroatoms. The Morgan fingerprint density at radius 2 is 1.78 bits per heavy atom. The van der Waals surface area contributed by atoms with Crippen LogP contribution in [0.4, 0.5) is 9.18 Å². The number of rotatable bonds is 10. The number of piperazine rings is 1. The van der Waals surface area contributed by atoms with E-state index >= 15 is 4.39 Å². The zero-order chi connectivity index (χ0) is 33.1. The third-order valence-electron chi connectivity index (χ3n) is 9.60. The summed E-state index contributed by atoms with van der Waals surface area (Å²) in [5.41, 5.74) is 1.49. The number of methoxy groups -OCH3 is 1. The molecule has 5 rings (SSSR count). The molecule has 2 aromatic carbocycles. The van der Waals surface area contributed by atoms with Crippen molar-refractivity contribution < 1.29 is 35.6 Å². The van der Waals surface area contributed by atoms with E-state index in [4.69, 9.17) is 16.3 Å². The Balaban J connectivity index is 1.42. The zero-order valence-corrected chi connectivity index (χ0v) is 28.2. The van der Waals surface area contributed by atoms with Gasteiger partial charge in [0, 0.05) is 42.5 Å². The van der Waals surface area contributed by atoms with E-state index in [0.29, 0.717) is 60.5 Å². The minimum atomic E-state index is -3.42. The highest BCUT2D eigenvalue weighted by atomic mass is 35.5. The van der Waals surface area contributed by atoms with Crippen molar-refractivity contribution in [3.8, 4) is 0 Å². The van der Waals surface area contributed by atoms with Gasteiger partial charge in [-0.1, -0.05) is 35.9 Å².